The van der Waals surface area contributed by atoms with E-state index in [4.69, 9.17) is 0 Å². The van der Waals surface area contributed by atoms with E-state index in [0.29, 0.717) is 18.6 Å². The second-order valence-corrected chi connectivity index (χ2v) is 5.27. The van der Waals surface area contributed by atoms with Gasteiger partial charge >= 0.3 is 0 Å². The van der Waals surface area contributed by atoms with Crippen LogP contribution in [0.5, 0.6) is 0 Å². The van der Waals surface area contributed by atoms with Gasteiger partial charge in [-0.1, -0.05) is 0 Å². The van der Waals surface area contributed by atoms with E-state index in [1.807, 2.05) is 6.07 Å². The average molecular weight is 248 g/mol. The largest absolute Gasteiger partial charge is 0.396 e. The summed E-state index contributed by atoms with van der Waals surface area (Å²) in [5.74, 6) is 1.32. The fourth-order valence-electron chi connectivity index (χ4n) is 3.04. The van der Waals surface area contributed by atoms with Crippen molar-refractivity contribution in [1.29, 1.82) is 0 Å². The number of hydrogen-bond acceptors (Lipinski definition) is 5. The molecule has 5 heteroatoms. The minimum atomic E-state index is 0.328. The molecule has 2 atom stereocenters. The first-order chi connectivity index (χ1) is 8.86. The van der Waals surface area contributed by atoms with Gasteiger partial charge in [-0.05, 0) is 24.8 Å². The molecule has 0 spiro atoms. The quantitative estimate of drug-likeness (QED) is 0.819. The number of piperidine rings is 1. The Morgan fingerprint density at radius 2 is 2.00 bits per heavy atom. The van der Waals surface area contributed by atoms with Crippen LogP contribution >= 0.6 is 0 Å². The lowest BCUT2D eigenvalue weighted by molar-refractivity contribution is 0.0670. The van der Waals surface area contributed by atoms with Crippen molar-refractivity contribution in [1.82, 2.24) is 14.9 Å². The van der Waals surface area contributed by atoms with Crippen LogP contribution in [0.25, 0.3) is 0 Å². The van der Waals surface area contributed by atoms with E-state index in [0.717, 1.165) is 38.5 Å². The van der Waals surface area contributed by atoms with Crippen molar-refractivity contribution in [3.8, 4) is 0 Å². The molecule has 0 aromatic carbocycles. The molecule has 2 aliphatic heterocycles. The molecule has 2 saturated heterocycles. The molecule has 3 rings (SSSR count). The molecular weight excluding hydrogens is 228 g/mol. The van der Waals surface area contributed by atoms with Crippen molar-refractivity contribution in [2.75, 3.05) is 37.7 Å². The number of aliphatic hydroxyl groups excluding tert-OH is 1. The minimum Gasteiger partial charge on any atom is -0.396 e. The Hall–Kier alpha value is -1.20. The summed E-state index contributed by atoms with van der Waals surface area (Å²) in [4.78, 5) is 13.5. The van der Waals surface area contributed by atoms with Gasteiger partial charge in [-0.3, -0.25) is 4.90 Å². The maximum absolute atomic E-state index is 9.25. The van der Waals surface area contributed by atoms with Crippen molar-refractivity contribution in [2.24, 2.45) is 5.92 Å². The Bertz CT molecular complexity index is 386. The molecule has 0 radical (unpaired) electrons. The van der Waals surface area contributed by atoms with E-state index in [1.54, 1.807) is 12.4 Å². The number of nitrogens with zero attached hydrogens (tertiary/aromatic N) is 4. The summed E-state index contributed by atoms with van der Waals surface area (Å²) in [7, 11) is 0. The maximum Gasteiger partial charge on any atom is 0.225 e. The third kappa shape index (κ3) is 2.33. The summed E-state index contributed by atoms with van der Waals surface area (Å²) in [6, 6.07) is 2.46. The molecule has 2 aliphatic rings. The molecule has 0 aliphatic carbocycles. The molecule has 5 nitrogen and oxygen atoms in total. The number of aromatic nitrogens is 2. The molecule has 98 valence electrons. The van der Waals surface area contributed by atoms with Crippen LogP contribution in [0.1, 0.15) is 12.8 Å². The Labute approximate surface area is 107 Å². The maximum atomic E-state index is 9.25. The fourth-order valence-corrected chi connectivity index (χ4v) is 3.04. The predicted octanol–water partition coefficient (Wildman–Crippen LogP) is 0.369. The van der Waals surface area contributed by atoms with Gasteiger partial charge in [0.15, 0.2) is 0 Å². The highest BCUT2D eigenvalue weighted by Crippen LogP contribution is 2.25. The van der Waals surface area contributed by atoms with Crippen LogP contribution in [0, 0.1) is 5.92 Å². The van der Waals surface area contributed by atoms with Crippen molar-refractivity contribution in [3.63, 3.8) is 0 Å². The standard InChI is InChI=1S/C13H20N4O/c18-10-11-2-3-12-9-17(7-6-16(12)8-11)13-14-4-1-5-15-13/h1,4-5,11-12,18H,2-3,6-10H2/t11-,12?/m1/s1. The Kier molecular flexibility index (Phi) is 3.43. The van der Waals surface area contributed by atoms with E-state index >= 15 is 0 Å². The van der Waals surface area contributed by atoms with E-state index in [-0.39, 0.29) is 0 Å². The third-order valence-corrected chi connectivity index (χ3v) is 4.10. The number of rotatable bonds is 2. The van der Waals surface area contributed by atoms with Crippen LogP contribution in [-0.2, 0) is 0 Å². The first-order valence-electron chi connectivity index (χ1n) is 6.73. The predicted molar refractivity (Wildman–Crippen MR) is 69.4 cm³/mol. The van der Waals surface area contributed by atoms with Gasteiger partial charge in [0.25, 0.3) is 0 Å². The SMILES string of the molecule is OC[C@@H]1CCC2CN(c3ncccn3)CCN2C1. The monoisotopic (exact) mass is 248 g/mol. The fraction of sp³-hybridized carbons (Fsp3) is 0.692. The topological polar surface area (TPSA) is 52.5 Å². The molecule has 1 unspecified atom stereocenters. The van der Waals surface area contributed by atoms with Gasteiger partial charge in [-0.25, -0.2) is 9.97 Å². The smallest absolute Gasteiger partial charge is 0.225 e. The second-order valence-electron chi connectivity index (χ2n) is 5.27. The summed E-state index contributed by atoms with van der Waals surface area (Å²) in [6.07, 6.45) is 5.92. The van der Waals surface area contributed by atoms with Crippen molar-refractivity contribution in [2.45, 2.75) is 18.9 Å². The zero-order valence-electron chi connectivity index (χ0n) is 10.6. The molecule has 0 saturated carbocycles. The molecular formula is C13H20N4O. The average Bonchev–Trinajstić information content (AvgIpc) is 2.47. The van der Waals surface area contributed by atoms with Crippen LogP contribution in [0.2, 0.25) is 0 Å². The van der Waals surface area contributed by atoms with Crippen molar-refractivity contribution in [3.05, 3.63) is 18.5 Å². The molecule has 18 heavy (non-hydrogen) atoms. The molecule has 1 aromatic rings. The van der Waals surface area contributed by atoms with Gasteiger partial charge in [-0.15, -0.1) is 0 Å². The van der Waals surface area contributed by atoms with Gasteiger partial charge in [0.1, 0.15) is 0 Å². The number of piperazine rings is 1. The van der Waals surface area contributed by atoms with E-state index in [2.05, 4.69) is 19.8 Å². The molecule has 0 bridgehead atoms. The first-order valence-corrected chi connectivity index (χ1v) is 6.73. The van der Waals surface area contributed by atoms with Gasteiger partial charge in [0, 0.05) is 51.2 Å². The van der Waals surface area contributed by atoms with E-state index in [1.165, 1.54) is 6.42 Å². The second kappa shape index (κ2) is 5.20. The van der Waals surface area contributed by atoms with Crippen LogP contribution in [-0.4, -0.2) is 58.8 Å². The number of fused-ring (bicyclic) bond motifs is 1. The summed E-state index contributed by atoms with van der Waals surface area (Å²) in [5, 5.41) is 9.25. The Morgan fingerprint density at radius 3 is 2.78 bits per heavy atom. The molecule has 2 fully saturated rings. The molecule has 1 N–H and O–H groups in total. The summed E-state index contributed by atoms with van der Waals surface area (Å²) in [5.41, 5.74) is 0. The van der Waals surface area contributed by atoms with Gasteiger partial charge in [0.05, 0.1) is 0 Å². The summed E-state index contributed by atoms with van der Waals surface area (Å²) < 4.78 is 0. The Morgan fingerprint density at radius 1 is 1.17 bits per heavy atom. The van der Waals surface area contributed by atoms with Crippen LogP contribution in [0.3, 0.4) is 0 Å². The molecule has 3 heterocycles. The third-order valence-electron chi connectivity index (χ3n) is 4.10. The molecule has 1 aromatic heterocycles. The van der Waals surface area contributed by atoms with Crippen LogP contribution in [0.15, 0.2) is 18.5 Å². The normalized spacial score (nSPS) is 29.1. The van der Waals surface area contributed by atoms with Crippen molar-refractivity contribution < 1.29 is 5.11 Å². The van der Waals surface area contributed by atoms with Crippen molar-refractivity contribution >= 4 is 5.95 Å². The number of hydrogen-bond donors (Lipinski definition) is 1. The van der Waals surface area contributed by atoms with Gasteiger partial charge in [0.2, 0.25) is 5.95 Å². The zero-order valence-corrected chi connectivity index (χ0v) is 10.6. The highest BCUT2D eigenvalue weighted by atomic mass is 16.3. The van der Waals surface area contributed by atoms with Crippen LogP contribution < -0.4 is 4.90 Å². The van der Waals surface area contributed by atoms with E-state index in [9.17, 15) is 5.11 Å². The van der Waals surface area contributed by atoms with Crippen LogP contribution in [0.4, 0.5) is 5.95 Å². The first kappa shape index (κ1) is 11.9. The minimum absolute atomic E-state index is 0.328. The lowest BCUT2D eigenvalue weighted by Gasteiger charge is -2.46. The highest BCUT2D eigenvalue weighted by Gasteiger charge is 2.33. The molecule has 0 amide bonds. The van der Waals surface area contributed by atoms with Gasteiger partial charge in [-0.2, -0.15) is 0 Å². The summed E-state index contributed by atoms with van der Waals surface area (Å²) in [6.45, 7) is 4.43. The zero-order chi connectivity index (χ0) is 12.4. The summed E-state index contributed by atoms with van der Waals surface area (Å²) >= 11 is 0. The number of anilines is 1. The lowest BCUT2D eigenvalue weighted by atomic mass is 9.92. The Balaban J connectivity index is 1.65. The number of aliphatic hydroxyl groups is 1. The van der Waals surface area contributed by atoms with Gasteiger partial charge < -0.3 is 10.0 Å². The van der Waals surface area contributed by atoms with E-state index < -0.39 is 0 Å². The lowest BCUT2D eigenvalue weighted by Crippen LogP contribution is -2.57. The highest BCUT2D eigenvalue weighted by molar-refractivity contribution is 5.30.